The number of esters is 1. The Morgan fingerprint density at radius 3 is 2.76 bits per heavy atom. The molecule has 92 valence electrons. The van der Waals surface area contributed by atoms with Crippen LogP contribution in [0.4, 0.5) is 0 Å². The van der Waals surface area contributed by atoms with E-state index in [-0.39, 0.29) is 23.2 Å². The zero-order chi connectivity index (χ0) is 12.8. The highest BCUT2D eigenvalue weighted by Crippen LogP contribution is 2.17. The normalized spacial score (nSPS) is 10.1. The van der Waals surface area contributed by atoms with Crippen molar-refractivity contribution in [3.05, 3.63) is 22.2 Å². The van der Waals surface area contributed by atoms with Crippen LogP contribution in [-0.4, -0.2) is 28.8 Å². The van der Waals surface area contributed by atoms with Gasteiger partial charge in [0, 0.05) is 12.0 Å². The highest BCUT2D eigenvalue weighted by Gasteiger charge is 2.13. The van der Waals surface area contributed by atoms with Gasteiger partial charge in [-0.2, -0.15) is 0 Å². The van der Waals surface area contributed by atoms with Gasteiger partial charge < -0.3 is 4.74 Å². The number of hydrogen-bond acceptors (Lipinski definition) is 5. The van der Waals surface area contributed by atoms with Gasteiger partial charge in [0.25, 0.3) is 0 Å². The Balaban J connectivity index is 2.83. The third-order valence-corrected chi connectivity index (χ3v) is 2.41. The molecule has 5 nitrogen and oxygen atoms in total. The smallest absolute Gasteiger partial charge is 0.306 e. The Hall–Kier alpha value is -1.49. The second kappa shape index (κ2) is 6.30. The van der Waals surface area contributed by atoms with E-state index in [0.717, 1.165) is 0 Å². The summed E-state index contributed by atoms with van der Waals surface area (Å²) in [5.74, 6) is 0.0953. The minimum atomic E-state index is -0.332. The van der Waals surface area contributed by atoms with Gasteiger partial charge in [-0.1, -0.05) is 11.6 Å². The van der Waals surface area contributed by atoms with E-state index < -0.39 is 0 Å². The Bertz CT molecular complexity index is 435. The second-order valence-electron chi connectivity index (χ2n) is 3.35. The van der Waals surface area contributed by atoms with Crippen LogP contribution in [0.1, 0.15) is 35.2 Å². The molecule has 0 atom stereocenters. The first-order valence-electron chi connectivity index (χ1n) is 5.22. The lowest BCUT2D eigenvalue weighted by Gasteiger charge is -2.06. The summed E-state index contributed by atoms with van der Waals surface area (Å²) in [5.41, 5.74) is 0.715. The molecule has 6 heteroatoms. The van der Waals surface area contributed by atoms with Crippen LogP contribution in [0.3, 0.4) is 0 Å². The van der Waals surface area contributed by atoms with E-state index in [9.17, 15) is 9.59 Å². The quantitative estimate of drug-likeness (QED) is 0.456. The van der Waals surface area contributed by atoms with Crippen molar-refractivity contribution < 1.29 is 14.3 Å². The van der Waals surface area contributed by atoms with Gasteiger partial charge in [-0.25, -0.2) is 9.97 Å². The highest BCUT2D eigenvalue weighted by atomic mass is 35.5. The monoisotopic (exact) mass is 256 g/mol. The van der Waals surface area contributed by atoms with E-state index in [0.29, 0.717) is 30.7 Å². The summed E-state index contributed by atoms with van der Waals surface area (Å²) < 4.78 is 4.79. The molecule has 1 rings (SSSR count). The Morgan fingerprint density at radius 1 is 1.47 bits per heavy atom. The standard InChI is InChI=1S/C11H13ClN2O3/c1-3-17-10(16)5-4-8-9(6-15)13-7(2)14-11(8)12/h6H,3-5H2,1-2H3. The first-order chi connectivity index (χ1) is 8.08. The molecule has 0 amide bonds. The minimum absolute atomic E-state index is 0.154. The van der Waals surface area contributed by atoms with Crippen molar-refractivity contribution in [2.75, 3.05) is 6.61 Å². The van der Waals surface area contributed by atoms with E-state index in [4.69, 9.17) is 16.3 Å². The molecule has 17 heavy (non-hydrogen) atoms. The van der Waals surface area contributed by atoms with Gasteiger partial charge >= 0.3 is 5.97 Å². The van der Waals surface area contributed by atoms with E-state index in [1.807, 2.05) is 0 Å². The molecule has 1 aromatic heterocycles. The van der Waals surface area contributed by atoms with Crippen LogP contribution in [0.5, 0.6) is 0 Å². The van der Waals surface area contributed by atoms with Crippen molar-refractivity contribution in [1.29, 1.82) is 0 Å². The van der Waals surface area contributed by atoms with Crippen LogP contribution < -0.4 is 0 Å². The van der Waals surface area contributed by atoms with Crippen molar-refractivity contribution in [3.8, 4) is 0 Å². The molecule has 0 radical (unpaired) electrons. The number of carbonyl (C=O) groups excluding carboxylic acids is 2. The van der Waals surface area contributed by atoms with Crippen LogP contribution in [0, 0.1) is 6.92 Å². The third kappa shape index (κ3) is 3.78. The molecule has 0 aliphatic carbocycles. The van der Waals surface area contributed by atoms with Crippen molar-refractivity contribution in [1.82, 2.24) is 9.97 Å². The number of aldehydes is 1. The third-order valence-electron chi connectivity index (χ3n) is 2.10. The lowest BCUT2D eigenvalue weighted by atomic mass is 10.1. The Kier molecular flexibility index (Phi) is 5.03. The molecule has 0 aromatic carbocycles. The summed E-state index contributed by atoms with van der Waals surface area (Å²) in [6.45, 7) is 3.71. The Labute approximate surface area is 104 Å². The molecule has 1 aromatic rings. The topological polar surface area (TPSA) is 69.2 Å². The van der Waals surface area contributed by atoms with Gasteiger partial charge in [0.15, 0.2) is 6.29 Å². The fourth-order valence-electron chi connectivity index (χ4n) is 1.37. The minimum Gasteiger partial charge on any atom is -0.466 e. The number of rotatable bonds is 5. The number of carbonyl (C=O) groups is 2. The zero-order valence-electron chi connectivity index (χ0n) is 9.70. The van der Waals surface area contributed by atoms with Gasteiger partial charge in [0.05, 0.1) is 6.61 Å². The summed E-state index contributed by atoms with van der Waals surface area (Å²) in [6.07, 6.45) is 1.06. The average Bonchev–Trinajstić information content (AvgIpc) is 2.27. The summed E-state index contributed by atoms with van der Waals surface area (Å²) >= 11 is 5.91. The molecule has 0 N–H and O–H groups in total. The van der Waals surface area contributed by atoms with Crippen LogP contribution in [0.15, 0.2) is 0 Å². The Morgan fingerprint density at radius 2 is 2.18 bits per heavy atom. The van der Waals surface area contributed by atoms with Crippen LogP contribution in [-0.2, 0) is 16.0 Å². The number of nitrogens with zero attached hydrogens (tertiary/aromatic N) is 2. The molecule has 0 fully saturated rings. The van der Waals surface area contributed by atoms with Gasteiger partial charge in [0.1, 0.15) is 16.7 Å². The number of ether oxygens (including phenoxy) is 1. The summed E-state index contributed by atoms with van der Waals surface area (Å²) in [7, 11) is 0. The molecular weight excluding hydrogens is 244 g/mol. The lowest BCUT2D eigenvalue weighted by molar-refractivity contribution is -0.143. The van der Waals surface area contributed by atoms with E-state index in [1.165, 1.54) is 0 Å². The molecule has 0 unspecified atom stereocenters. The highest BCUT2D eigenvalue weighted by molar-refractivity contribution is 6.30. The van der Waals surface area contributed by atoms with E-state index in [1.54, 1.807) is 13.8 Å². The zero-order valence-corrected chi connectivity index (χ0v) is 10.5. The van der Waals surface area contributed by atoms with Gasteiger partial charge in [-0.3, -0.25) is 9.59 Å². The van der Waals surface area contributed by atoms with Crippen molar-refractivity contribution >= 4 is 23.9 Å². The van der Waals surface area contributed by atoms with Gasteiger partial charge in [-0.15, -0.1) is 0 Å². The number of halogens is 1. The van der Waals surface area contributed by atoms with Crippen molar-refractivity contribution in [2.24, 2.45) is 0 Å². The van der Waals surface area contributed by atoms with Crippen LogP contribution in [0.2, 0.25) is 5.15 Å². The SMILES string of the molecule is CCOC(=O)CCc1c(Cl)nc(C)nc1C=O. The van der Waals surface area contributed by atoms with Gasteiger partial charge in [-0.05, 0) is 20.3 Å². The molecule has 1 heterocycles. The molecule has 0 saturated carbocycles. The maximum atomic E-state index is 11.2. The molecule has 0 bridgehead atoms. The average molecular weight is 257 g/mol. The predicted molar refractivity (Wildman–Crippen MR) is 62.1 cm³/mol. The fourth-order valence-corrected chi connectivity index (χ4v) is 1.68. The first kappa shape index (κ1) is 13.6. The van der Waals surface area contributed by atoms with E-state index >= 15 is 0 Å². The molecular formula is C11H13ClN2O3. The first-order valence-corrected chi connectivity index (χ1v) is 5.60. The summed E-state index contributed by atoms with van der Waals surface area (Å²) in [4.78, 5) is 29.9. The largest absolute Gasteiger partial charge is 0.466 e. The maximum Gasteiger partial charge on any atom is 0.306 e. The summed E-state index contributed by atoms with van der Waals surface area (Å²) in [5, 5.41) is 0.212. The number of aryl methyl sites for hydroxylation is 1. The lowest BCUT2D eigenvalue weighted by Crippen LogP contribution is -2.08. The second-order valence-corrected chi connectivity index (χ2v) is 3.71. The molecule has 0 spiro atoms. The molecule has 0 aliphatic heterocycles. The van der Waals surface area contributed by atoms with Crippen LogP contribution in [0.25, 0.3) is 0 Å². The summed E-state index contributed by atoms with van der Waals surface area (Å²) in [6, 6.07) is 0. The van der Waals surface area contributed by atoms with Gasteiger partial charge in [0.2, 0.25) is 0 Å². The fraction of sp³-hybridized carbons (Fsp3) is 0.455. The molecule has 0 aliphatic rings. The van der Waals surface area contributed by atoms with Crippen molar-refractivity contribution in [2.45, 2.75) is 26.7 Å². The number of aromatic nitrogens is 2. The maximum absolute atomic E-state index is 11.2. The predicted octanol–water partition coefficient (Wildman–Crippen LogP) is 1.75. The number of hydrogen-bond donors (Lipinski definition) is 0. The van der Waals surface area contributed by atoms with E-state index in [2.05, 4.69) is 9.97 Å². The van der Waals surface area contributed by atoms with Crippen LogP contribution >= 0.6 is 11.6 Å². The molecule has 0 saturated heterocycles. The van der Waals surface area contributed by atoms with Crippen molar-refractivity contribution in [3.63, 3.8) is 0 Å².